The average molecular weight is 385 g/mol. The zero-order chi connectivity index (χ0) is 19.1. The van der Waals surface area contributed by atoms with Crippen LogP contribution in [0.25, 0.3) is 0 Å². The maximum absolute atomic E-state index is 12.9. The van der Waals surface area contributed by atoms with Crippen LogP contribution in [0.4, 0.5) is 0 Å². The molecule has 0 bridgehead atoms. The topological polar surface area (TPSA) is 67.4 Å². The Morgan fingerprint density at radius 2 is 1.89 bits per heavy atom. The third-order valence-electron chi connectivity index (χ3n) is 4.54. The molecule has 2 amide bonds. The van der Waals surface area contributed by atoms with Gasteiger partial charge in [-0.2, -0.15) is 11.8 Å². The van der Waals surface area contributed by atoms with E-state index >= 15 is 0 Å². The van der Waals surface area contributed by atoms with Gasteiger partial charge in [-0.05, 0) is 36.6 Å². The Labute approximate surface area is 163 Å². The van der Waals surface area contributed by atoms with E-state index in [4.69, 9.17) is 4.74 Å². The second-order valence-electron chi connectivity index (χ2n) is 6.41. The highest BCUT2D eigenvalue weighted by atomic mass is 32.2. The van der Waals surface area contributed by atoms with Crippen molar-refractivity contribution >= 4 is 23.6 Å². The van der Waals surface area contributed by atoms with E-state index in [9.17, 15) is 9.59 Å². The summed E-state index contributed by atoms with van der Waals surface area (Å²) in [4.78, 5) is 25.4. The van der Waals surface area contributed by atoms with Gasteiger partial charge < -0.3 is 15.4 Å². The summed E-state index contributed by atoms with van der Waals surface area (Å²) in [5.41, 5.74) is 1.53. The molecule has 0 fully saturated rings. The van der Waals surface area contributed by atoms with Gasteiger partial charge >= 0.3 is 0 Å². The van der Waals surface area contributed by atoms with Crippen LogP contribution in [0.15, 0.2) is 54.6 Å². The molecule has 0 radical (unpaired) electrons. The third kappa shape index (κ3) is 5.04. The summed E-state index contributed by atoms with van der Waals surface area (Å²) < 4.78 is 5.66. The van der Waals surface area contributed by atoms with Crippen LogP contribution in [0.1, 0.15) is 34.8 Å². The summed E-state index contributed by atoms with van der Waals surface area (Å²) in [6.45, 7) is 0.563. The zero-order valence-corrected chi connectivity index (χ0v) is 16.1. The van der Waals surface area contributed by atoms with E-state index in [1.54, 1.807) is 23.9 Å². The van der Waals surface area contributed by atoms with Crippen LogP contribution < -0.4 is 15.4 Å². The molecule has 0 aliphatic carbocycles. The number of amides is 2. The normalized spacial score (nSPS) is 16.6. The van der Waals surface area contributed by atoms with E-state index in [1.807, 2.05) is 48.7 Å². The maximum Gasteiger partial charge on any atom is 0.251 e. The molecule has 0 saturated carbocycles. The minimum Gasteiger partial charge on any atom is -0.493 e. The summed E-state index contributed by atoms with van der Waals surface area (Å²) >= 11 is 1.65. The van der Waals surface area contributed by atoms with Crippen molar-refractivity contribution in [3.63, 3.8) is 0 Å². The number of rotatable bonds is 7. The van der Waals surface area contributed by atoms with Gasteiger partial charge in [0.25, 0.3) is 5.91 Å². The van der Waals surface area contributed by atoms with Gasteiger partial charge in [0.15, 0.2) is 0 Å². The van der Waals surface area contributed by atoms with Crippen LogP contribution in [0.3, 0.4) is 0 Å². The maximum atomic E-state index is 12.9. The Kier molecular flexibility index (Phi) is 6.76. The van der Waals surface area contributed by atoms with Crippen molar-refractivity contribution in [1.82, 2.24) is 10.6 Å². The van der Waals surface area contributed by atoms with E-state index in [-0.39, 0.29) is 17.9 Å². The standard InChI is InChI=1S/C21H24N2O3S/c1-27-14-12-18(23-20(24)15-7-3-2-4-8-15)21(25)22-17-11-13-26-19-10-6-5-9-16(17)19/h2-10,17-18H,11-14H2,1H3,(H,22,25)(H,23,24)/t17-,18-/m0/s1. The lowest BCUT2D eigenvalue weighted by molar-refractivity contribution is -0.124. The number of carbonyl (C=O) groups excluding carboxylic acids is 2. The first-order valence-electron chi connectivity index (χ1n) is 9.06. The summed E-state index contributed by atoms with van der Waals surface area (Å²) in [5.74, 6) is 1.21. The Balaban J connectivity index is 1.69. The fraction of sp³-hybridized carbons (Fsp3) is 0.333. The molecule has 2 aromatic rings. The van der Waals surface area contributed by atoms with Crippen LogP contribution in [0, 0.1) is 0 Å². The highest BCUT2D eigenvalue weighted by Gasteiger charge is 2.27. The molecule has 6 heteroatoms. The number of thioether (sulfide) groups is 1. The van der Waals surface area contributed by atoms with E-state index in [0.717, 1.165) is 17.1 Å². The van der Waals surface area contributed by atoms with Crippen molar-refractivity contribution < 1.29 is 14.3 Å². The van der Waals surface area contributed by atoms with Crippen molar-refractivity contribution in [2.24, 2.45) is 0 Å². The highest BCUT2D eigenvalue weighted by molar-refractivity contribution is 7.98. The molecule has 2 N–H and O–H groups in total. The van der Waals surface area contributed by atoms with Crippen LogP contribution in [-0.2, 0) is 4.79 Å². The second-order valence-corrected chi connectivity index (χ2v) is 7.40. The van der Waals surface area contributed by atoms with Crippen molar-refractivity contribution in [3.8, 4) is 5.75 Å². The monoisotopic (exact) mass is 384 g/mol. The van der Waals surface area contributed by atoms with Crippen LogP contribution >= 0.6 is 11.8 Å². The fourth-order valence-corrected chi connectivity index (χ4v) is 3.57. The molecular formula is C21H24N2O3S. The number of benzene rings is 2. The van der Waals surface area contributed by atoms with E-state index in [0.29, 0.717) is 25.0 Å². The molecule has 142 valence electrons. The fourth-order valence-electron chi connectivity index (χ4n) is 3.10. The van der Waals surface area contributed by atoms with Crippen molar-refractivity contribution in [2.45, 2.75) is 24.9 Å². The number of hydrogen-bond acceptors (Lipinski definition) is 4. The molecule has 2 atom stereocenters. The van der Waals surface area contributed by atoms with E-state index in [2.05, 4.69) is 10.6 Å². The van der Waals surface area contributed by atoms with Gasteiger partial charge in [0, 0.05) is 17.5 Å². The number of carbonyl (C=O) groups is 2. The summed E-state index contributed by atoms with van der Waals surface area (Å²) in [6.07, 6.45) is 3.28. The Hall–Kier alpha value is -2.47. The molecule has 0 aromatic heterocycles. The largest absolute Gasteiger partial charge is 0.493 e. The number of hydrogen-bond donors (Lipinski definition) is 2. The predicted octanol–water partition coefficient (Wildman–Crippen LogP) is 3.18. The van der Waals surface area contributed by atoms with Gasteiger partial charge in [-0.25, -0.2) is 0 Å². The quantitative estimate of drug-likeness (QED) is 0.769. The summed E-state index contributed by atoms with van der Waals surface area (Å²) in [5, 5.41) is 5.98. The number of para-hydroxylation sites is 1. The lowest BCUT2D eigenvalue weighted by atomic mass is 10.00. The van der Waals surface area contributed by atoms with Gasteiger partial charge in [0.1, 0.15) is 11.8 Å². The first kappa shape index (κ1) is 19.3. The zero-order valence-electron chi connectivity index (χ0n) is 15.3. The van der Waals surface area contributed by atoms with Gasteiger partial charge in [-0.1, -0.05) is 36.4 Å². The van der Waals surface area contributed by atoms with Gasteiger partial charge in [-0.3, -0.25) is 9.59 Å². The Morgan fingerprint density at radius 1 is 1.15 bits per heavy atom. The van der Waals surface area contributed by atoms with Crippen LogP contribution in [0.2, 0.25) is 0 Å². The average Bonchev–Trinajstić information content (AvgIpc) is 2.71. The first-order valence-corrected chi connectivity index (χ1v) is 10.5. The molecule has 0 spiro atoms. The molecule has 0 saturated heterocycles. The lowest BCUT2D eigenvalue weighted by Gasteiger charge is -2.28. The summed E-state index contributed by atoms with van der Waals surface area (Å²) in [7, 11) is 0. The minimum absolute atomic E-state index is 0.104. The molecule has 1 aliphatic rings. The molecule has 0 unspecified atom stereocenters. The molecule has 3 rings (SSSR count). The first-order chi connectivity index (χ1) is 13.2. The number of ether oxygens (including phenoxy) is 1. The predicted molar refractivity (Wildman–Crippen MR) is 108 cm³/mol. The molecule has 1 heterocycles. The van der Waals surface area contributed by atoms with Crippen molar-refractivity contribution in [3.05, 3.63) is 65.7 Å². The Bertz CT molecular complexity index is 782. The highest BCUT2D eigenvalue weighted by Crippen LogP contribution is 2.31. The second kappa shape index (κ2) is 9.46. The molecule has 5 nitrogen and oxygen atoms in total. The third-order valence-corrected chi connectivity index (χ3v) is 5.19. The molecular weight excluding hydrogens is 360 g/mol. The van der Waals surface area contributed by atoms with Gasteiger partial charge in [0.2, 0.25) is 5.91 Å². The van der Waals surface area contributed by atoms with E-state index < -0.39 is 6.04 Å². The minimum atomic E-state index is -0.569. The van der Waals surface area contributed by atoms with E-state index in [1.165, 1.54) is 0 Å². The molecule has 1 aliphatic heterocycles. The van der Waals surface area contributed by atoms with Crippen molar-refractivity contribution in [2.75, 3.05) is 18.6 Å². The van der Waals surface area contributed by atoms with Crippen LogP contribution in [0.5, 0.6) is 5.75 Å². The lowest BCUT2D eigenvalue weighted by Crippen LogP contribution is -2.48. The SMILES string of the molecule is CSCC[C@H](NC(=O)c1ccccc1)C(=O)N[C@H]1CCOc2ccccc21. The van der Waals surface area contributed by atoms with Gasteiger partial charge in [0.05, 0.1) is 12.6 Å². The van der Waals surface area contributed by atoms with Crippen molar-refractivity contribution in [1.29, 1.82) is 0 Å². The summed E-state index contributed by atoms with van der Waals surface area (Å²) in [6, 6.07) is 16.0. The smallest absolute Gasteiger partial charge is 0.251 e. The molecule has 27 heavy (non-hydrogen) atoms. The Morgan fingerprint density at radius 3 is 2.67 bits per heavy atom. The van der Waals surface area contributed by atoms with Gasteiger partial charge in [-0.15, -0.1) is 0 Å². The number of nitrogens with one attached hydrogen (secondary N) is 2. The van der Waals surface area contributed by atoms with Crippen LogP contribution in [-0.4, -0.2) is 36.5 Å². The number of fused-ring (bicyclic) bond motifs is 1. The molecule has 2 aromatic carbocycles.